The summed E-state index contributed by atoms with van der Waals surface area (Å²) in [5, 5.41) is 3.49. The standard InChI is InChI=1S/C14H24N2O2/c17-13(12-5-4-10-18-12)16-9-8-15-11-14(16)6-2-1-3-7-14/h12,15H,1-11H2/t12-/m0/s1. The van der Waals surface area contributed by atoms with Crippen LogP contribution >= 0.6 is 0 Å². The molecule has 1 amide bonds. The Kier molecular flexibility index (Phi) is 3.57. The molecular formula is C14H24N2O2. The molecule has 1 aliphatic carbocycles. The molecule has 0 aromatic carbocycles. The average molecular weight is 252 g/mol. The Balaban J connectivity index is 1.76. The third-order valence-electron chi connectivity index (χ3n) is 4.79. The summed E-state index contributed by atoms with van der Waals surface area (Å²) >= 11 is 0. The number of nitrogens with one attached hydrogen (secondary N) is 1. The van der Waals surface area contributed by atoms with Gasteiger partial charge in [-0.05, 0) is 25.7 Å². The summed E-state index contributed by atoms with van der Waals surface area (Å²) in [6, 6.07) is 0. The zero-order valence-corrected chi connectivity index (χ0v) is 11.1. The van der Waals surface area contributed by atoms with Crippen LogP contribution in [0.3, 0.4) is 0 Å². The molecule has 3 aliphatic rings. The average Bonchev–Trinajstić information content (AvgIpc) is 2.93. The molecule has 18 heavy (non-hydrogen) atoms. The fourth-order valence-corrected chi connectivity index (χ4v) is 3.79. The third-order valence-corrected chi connectivity index (χ3v) is 4.79. The molecular weight excluding hydrogens is 228 g/mol. The van der Waals surface area contributed by atoms with Crippen molar-refractivity contribution in [2.24, 2.45) is 0 Å². The van der Waals surface area contributed by atoms with Crippen molar-refractivity contribution in [3.05, 3.63) is 0 Å². The minimum absolute atomic E-state index is 0.0968. The predicted molar refractivity (Wildman–Crippen MR) is 69.4 cm³/mol. The summed E-state index contributed by atoms with van der Waals surface area (Å²) in [5.74, 6) is 0.260. The normalized spacial score (nSPS) is 31.8. The zero-order valence-electron chi connectivity index (χ0n) is 11.1. The van der Waals surface area contributed by atoms with Gasteiger partial charge in [0.1, 0.15) is 6.10 Å². The van der Waals surface area contributed by atoms with Crippen LogP contribution in [0.25, 0.3) is 0 Å². The monoisotopic (exact) mass is 252 g/mol. The molecule has 4 heteroatoms. The molecule has 2 heterocycles. The van der Waals surface area contributed by atoms with Gasteiger partial charge >= 0.3 is 0 Å². The maximum Gasteiger partial charge on any atom is 0.252 e. The highest BCUT2D eigenvalue weighted by Gasteiger charge is 2.44. The van der Waals surface area contributed by atoms with Crippen molar-refractivity contribution in [1.82, 2.24) is 10.2 Å². The molecule has 1 N–H and O–H groups in total. The molecule has 0 aromatic heterocycles. The van der Waals surface area contributed by atoms with Gasteiger partial charge in [-0.15, -0.1) is 0 Å². The van der Waals surface area contributed by atoms with Gasteiger partial charge in [0.05, 0.1) is 5.54 Å². The number of hydrogen-bond donors (Lipinski definition) is 1. The van der Waals surface area contributed by atoms with Crippen LogP contribution in [0.2, 0.25) is 0 Å². The van der Waals surface area contributed by atoms with E-state index in [-0.39, 0.29) is 17.6 Å². The van der Waals surface area contributed by atoms with Gasteiger partial charge < -0.3 is 15.0 Å². The van der Waals surface area contributed by atoms with Gasteiger partial charge in [-0.2, -0.15) is 0 Å². The van der Waals surface area contributed by atoms with Gasteiger partial charge in [0.2, 0.25) is 0 Å². The Morgan fingerprint density at radius 1 is 1.22 bits per heavy atom. The topological polar surface area (TPSA) is 41.6 Å². The van der Waals surface area contributed by atoms with Crippen LogP contribution in [0.4, 0.5) is 0 Å². The Bertz CT molecular complexity index is 299. The Labute approximate surface area is 109 Å². The van der Waals surface area contributed by atoms with Crippen molar-refractivity contribution in [3.63, 3.8) is 0 Å². The smallest absolute Gasteiger partial charge is 0.252 e. The van der Waals surface area contributed by atoms with Crippen LogP contribution in [0, 0.1) is 0 Å². The van der Waals surface area contributed by atoms with E-state index >= 15 is 0 Å². The minimum atomic E-state index is -0.151. The molecule has 0 radical (unpaired) electrons. The first-order chi connectivity index (χ1) is 8.82. The molecule has 3 rings (SSSR count). The second kappa shape index (κ2) is 5.17. The van der Waals surface area contributed by atoms with E-state index in [1.807, 2.05) is 0 Å². The van der Waals surface area contributed by atoms with Crippen molar-refractivity contribution in [2.45, 2.75) is 56.6 Å². The largest absolute Gasteiger partial charge is 0.368 e. The Morgan fingerprint density at radius 2 is 2.06 bits per heavy atom. The minimum Gasteiger partial charge on any atom is -0.368 e. The fourth-order valence-electron chi connectivity index (χ4n) is 3.79. The van der Waals surface area contributed by atoms with E-state index in [2.05, 4.69) is 10.2 Å². The quantitative estimate of drug-likeness (QED) is 0.765. The van der Waals surface area contributed by atoms with Crippen molar-refractivity contribution in [3.8, 4) is 0 Å². The highest BCUT2D eigenvalue weighted by atomic mass is 16.5. The highest BCUT2D eigenvalue weighted by Crippen LogP contribution is 2.35. The number of rotatable bonds is 1. The molecule has 2 aliphatic heterocycles. The van der Waals surface area contributed by atoms with Gasteiger partial charge in [0.25, 0.3) is 5.91 Å². The van der Waals surface area contributed by atoms with Crippen LogP contribution in [-0.2, 0) is 9.53 Å². The van der Waals surface area contributed by atoms with E-state index in [1.165, 1.54) is 32.1 Å². The molecule has 1 spiro atoms. The maximum atomic E-state index is 12.6. The summed E-state index contributed by atoms with van der Waals surface area (Å²) in [6.07, 6.45) is 7.98. The van der Waals surface area contributed by atoms with Gasteiger partial charge in [-0.25, -0.2) is 0 Å². The highest BCUT2D eigenvalue weighted by molar-refractivity contribution is 5.82. The van der Waals surface area contributed by atoms with Crippen LogP contribution < -0.4 is 5.32 Å². The van der Waals surface area contributed by atoms with E-state index in [4.69, 9.17) is 4.74 Å². The van der Waals surface area contributed by atoms with E-state index in [0.29, 0.717) is 0 Å². The fraction of sp³-hybridized carbons (Fsp3) is 0.929. The molecule has 1 atom stereocenters. The summed E-state index contributed by atoms with van der Waals surface area (Å²) < 4.78 is 5.59. The first kappa shape index (κ1) is 12.4. The molecule has 102 valence electrons. The number of ether oxygens (including phenoxy) is 1. The lowest BCUT2D eigenvalue weighted by atomic mass is 9.78. The zero-order chi connectivity index (χ0) is 12.4. The lowest BCUT2D eigenvalue weighted by molar-refractivity contribution is -0.150. The number of amides is 1. The first-order valence-corrected chi connectivity index (χ1v) is 7.46. The molecule has 0 aromatic rings. The van der Waals surface area contributed by atoms with Crippen LogP contribution in [0.15, 0.2) is 0 Å². The van der Waals surface area contributed by atoms with E-state index < -0.39 is 0 Å². The third kappa shape index (κ3) is 2.16. The van der Waals surface area contributed by atoms with E-state index in [9.17, 15) is 4.79 Å². The molecule has 3 fully saturated rings. The first-order valence-electron chi connectivity index (χ1n) is 7.46. The lowest BCUT2D eigenvalue weighted by Gasteiger charge is -2.50. The Morgan fingerprint density at radius 3 is 2.78 bits per heavy atom. The van der Waals surface area contributed by atoms with Crippen molar-refractivity contribution < 1.29 is 9.53 Å². The van der Waals surface area contributed by atoms with Crippen molar-refractivity contribution in [1.29, 1.82) is 0 Å². The number of nitrogens with zero attached hydrogens (tertiary/aromatic N) is 1. The summed E-state index contributed by atoms with van der Waals surface area (Å²) in [6.45, 7) is 3.53. The lowest BCUT2D eigenvalue weighted by Crippen LogP contribution is -2.65. The van der Waals surface area contributed by atoms with Gasteiger partial charge in [0, 0.05) is 26.2 Å². The summed E-state index contributed by atoms with van der Waals surface area (Å²) in [5.41, 5.74) is 0.0968. The SMILES string of the molecule is O=C([C@@H]1CCCO1)N1CCNCC12CCCCC2. The number of piperazine rings is 1. The molecule has 1 saturated carbocycles. The molecule has 0 bridgehead atoms. The molecule has 2 saturated heterocycles. The molecule has 4 nitrogen and oxygen atoms in total. The number of carbonyl (C=O) groups is 1. The van der Waals surface area contributed by atoms with Gasteiger partial charge in [-0.3, -0.25) is 4.79 Å². The maximum absolute atomic E-state index is 12.6. The van der Waals surface area contributed by atoms with Crippen LogP contribution in [0.5, 0.6) is 0 Å². The van der Waals surface area contributed by atoms with Gasteiger partial charge in [-0.1, -0.05) is 19.3 Å². The van der Waals surface area contributed by atoms with Crippen LogP contribution in [0.1, 0.15) is 44.9 Å². The Hall–Kier alpha value is -0.610. The van der Waals surface area contributed by atoms with Gasteiger partial charge in [0.15, 0.2) is 0 Å². The van der Waals surface area contributed by atoms with Crippen molar-refractivity contribution in [2.75, 3.05) is 26.2 Å². The number of hydrogen-bond acceptors (Lipinski definition) is 3. The number of carbonyl (C=O) groups excluding carboxylic acids is 1. The predicted octanol–water partition coefficient (Wildman–Crippen LogP) is 1.30. The summed E-state index contributed by atoms with van der Waals surface area (Å²) in [7, 11) is 0. The van der Waals surface area contributed by atoms with E-state index in [0.717, 1.165) is 39.1 Å². The second-order valence-electron chi connectivity index (χ2n) is 5.95. The van der Waals surface area contributed by atoms with E-state index in [1.54, 1.807) is 0 Å². The van der Waals surface area contributed by atoms with Crippen LogP contribution in [-0.4, -0.2) is 48.7 Å². The van der Waals surface area contributed by atoms with Crippen molar-refractivity contribution >= 4 is 5.91 Å². The summed E-state index contributed by atoms with van der Waals surface area (Å²) in [4.78, 5) is 14.8. The second-order valence-corrected chi connectivity index (χ2v) is 5.95. The molecule has 0 unspecified atom stereocenters.